The molecule has 5 heteroatoms. The molecule has 0 fully saturated rings. The van der Waals surface area contributed by atoms with E-state index in [1.807, 2.05) is 36.4 Å². The molecular weight excluding hydrogens is 278 g/mol. The Morgan fingerprint density at radius 3 is 2.82 bits per heavy atom. The predicted octanol–water partition coefficient (Wildman–Crippen LogP) is 2.67. The largest absolute Gasteiger partial charge is 0.355 e. The molecular formula is C17H11N3O2. The van der Waals surface area contributed by atoms with Gasteiger partial charge >= 0.3 is 0 Å². The second-order valence-electron chi connectivity index (χ2n) is 5.22. The highest BCUT2D eigenvalue weighted by atomic mass is 16.5. The van der Waals surface area contributed by atoms with Gasteiger partial charge in [0.25, 0.3) is 5.56 Å². The van der Waals surface area contributed by atoms with Crippen LogP contribution in [-0.4, -0.2) is 10.1 Å². The maximum Gasteiger partial charge on any atom is 0.266 e. The van der Waals surface area contributed by atoms with Crippen LogP contribution in [0.25, 0.3) is 22.6 Å². The third kappa shape index (κ3) is 1.78. The van der Waals surface area contributed by atoms with Gasteiger partial charge in [-0.2, -0.15) is 5.26 Å². The highest BCUT2D eigenvalue weighted by Crippen LogP contribution is 2.37. The SMILES string of the molecule is N#Cc1cc2c([nH]c1=O)CCc1c(-c3ccccc3)noc1-2. The average molecular weight is 289 g/mol. The smallest absolute Gasteiger partial charge is 0.266 e. The van der Waals surface area contributed by atoms with Gasteiger partial charge in [-0.3, -0.25) is 4.79 Å². The zero-order valence-electron chi connectivity index (χ0n) is 11.6. The summed E-state index contributed by atoms with van der Waals surface area (Å²) in [6, 6.07) is 13.3. The lowest BCUT2D eigenvalue weighted by atomic mass is 9.91. The molecule has 0 unspecified atom stereocenters. The van der Waals surface area contributed by atoms with Gasteiger partial charge in [0.15, 0.2) is 5.76 Å². The second kappa shape index (κ2) is 4.71. The van der Waals surface area contributed by atoms with E-state index in [0.29, 0.717) is 12.2 Å². The molecule has 2 aromatic heterocycles. The van der Waals surface area contributed by atoms with E-state index < -0.39 is 0 Å². The molecule has 1 aliphatic carbocycles. The van der Waals surface area contributed by atoms with Crippen molar-refractivity contribution >= 4 is 0 Å². The number of benzene rings is 1. The summed E-state index contributed by atoms with van der Waals surface area (Å²) in [5.74, 6) is 0.646. The maximum atomic E-state index is 11.7. The summed E-state index contributed by atoms with van der Waals surface area (Å²) in [5.41, 5.74) is 4.14. The number of aromatic nitrogens is 2. The van der Waals surface area contributed by atoms with Crippen LogP contribution in [0.1, 0.15) is 16.8 Å². The van der Waals surface area contributed by atoms with E-state index in [1.54, 1.807) is 6.07 Å². The van der Waals surface area contributed by atoms with Crippen LogP contribution < -0.4 is 5.56 Å². The van der Waals surface area contributed by atoms with Crippen molar-refractivity contribution in [3.63, 3.8) is 0 Å². The van der Waals surface area contributed by atoms with Crippen molar-refractivity contribution < 1.29 is 4.52 Å². The van der Waals surface area contributed by atoms with Gasteiger partial charge in [0.05, 0.1) is 0 Å². The zero-order valence-corrected chi connectivity index (χ0v) is 11.6. The van der Waals surface area contributed by atoms with Gasteiger partial charge in [0.2, 0.25) is 0 Å². The molecule has 3 aromatic rings. The first-order valence-electron chi connectivity index (χ1n) is 6.98. The van der Waals surface area contributed by atoms with Crippen molar-refractivity contribution in [2.75, 3.05) is 0 Å². The van der Waals surface area contributed by atoms with Gasteiger partial charge < -0.3 is 9.51 Å². The van der Waals surface area contributed by atoms with Crippen LogP contribution in [-0.2, 0) is 12.8 Å². The average Bonchev–Trinajstić information content (AvgIpc) is 2.99. The Labute approximate surface area is 125 Å². The Morgan fingerprint density at radius 2 is 2.05 bits per heavy atom. The highest BCUT2D eigenvalue weighted by molar-refractivity contribution is 5.76. The second-order valence-corrected chi connectivity index (χ2v) is 5.22. The van der Waals surface area contributed by atoms with Crippen LogP contribution >= 0.6 is 0 Å². The molecule has 0 aliphatic heterocycles. The monoisotopic (exact) mass is 289 g/mol. The molecule has 106 valence electrons. The van der Waals surface area contributed by atoms with Gasteiger partial charge in [0, 0.05) is 22.4 Å². The molecule has 2 heterocycles. The van der Waals surface area contributed by atoms with E-state index in [9.17, 15) is 4.79 Å². The van der Waals surface area contributed by atoms with Crippen molar-refractivity contribution in [2.45, 2.75) is 12.8 Å². The number of fused-ring (bicyclic) bond motifs is 3. The summed E-state index contributed by atoms with van der Waals surface area (Å²) in [6.45, 7) is 0. The molecule has 0 saturated heterocycles. The Bertz CT molecular complexity index is 962. The molecule has 0 atom stereocenters. The van der Waals surface area contributed by atoms with Crippen LogP contribution in [0.4, 0.5) is 0 Å². The summed E-state index contributed by atoms with van der Waals surface area (Å²) >= 11 is 0. The summed E-state index contributed by atoms with van der Waals surface area (Å²) < 4.78 is 5.53. The molecule has 0 saturated carbocycles. The number of aromatic amines is 1. The van der Waals surface area contributed by atoms with Crippen molar-refractivity contribution in [3.8, 4) is 28.7 Å². The normalized spacial score (nSPS) is 12.3. The maximum absolute atomic E-state index is 11.7. The minimum Gasteiger partial charge on any atom is -0.355 e. The first-order valence-corrected chi connectivity index (χ1v) is 6.98. The Balaban J connectivity index is 1.93. The molecule has 5 nitrogen and oxygen atoms in total. The van der Waals surface area contributed by atoms with Crippen molar-refractivity contribution in [2.24, 2.45) is 0 Å². The number of nitriles is 1. The first kappa shape index (κ1) is 12.6. The van der Waals surface area contributed by atoms with Crippen molar-refractivity contribution in [3.05, 3.63) is 63.6 Å². The summed E-state index contributed by atoms with van der Waals surface area (Å²) in [6.07, 6.45) is 1.45. The fraction of sp³-hybridized carbons (Fsp3) is 0.118. The molecule has 1 N–H and O–H groups in total. The van der Waals surface area contributed by atoms with Crippen molar-refractivity contribution in [1.82, 2.24) is 10.1 Å². The predicted molar refractivity (Wildman–Crippen MR) is 80.1 cm³/mol. The molecule has 22 heavy (non-hydrogen) atoms. The van der Waals surface area contributed by atoms with E-state index >= 15 is 0 Å². The third-order valence-corrected chi connectivity index (χ3v) is 3.95. The number of pyridine rings is 1. The van der Waals surface area contributed by atoms with Crippen LogP contribution in [0.2, 0.25) is 0 Å². The third-order valence-electron chi connectivity index (χ3n) is 3.95. The van der Waals surface area contributed by atoms with E-state index in [1.165, 1.54) is 0 Å². The fourth-order valence-electron chi connectivity index (χ4n) is 2.88. The number of hydrogen-bond acceptors (Lipinski definition) is 4. The van der Waals surface area contributed by atoms with E-state index in [2.05, 4.69) is 10.1 Å². The lowest BCUT2D eigenvalue weighted by molar-refractivity contribution is 0.432. The number of nitrogens with one attached hydrogen (secondary N) is 1. The summed E-state index contributed by atoms with van der Waals surface area (Å²) in [5, 5.41) is 13.2. The van der Waals surface area contributed by atoms with Gasteiger partial charge in [-0.25, -0.2) is 0 Å². The lowest BCUT2D eigenvalue weighted by Gasteiger charge is -2.14. The van der Waals surface area contributed by atoms with Crippen molar-refractivity contribution in [1.29, 1.82) is 5.26 Å². The summed E-state index contributed by atoms with van der Waals surface area (Å²) in [7, 11) is 0. The standard InChI is InChI=1S/C17H11N3O2/c18-9-11-8-13-14(19-17(11)21)7-6-12-15(20-22-16(12)13)10-4-2-1-3-5-10/h1-5,8H,6-7H2,(H,19,21). The lowest BCUT2D eigenvalue weighted by Crippen LogP contribution is -2.16. The molecule has 0 amide bonds. The topological polar surface area (TPSA) is 82.7 Å². The quantitative estimate of drug-likeness (QED) is 0.746. The first-order chi connectivity index (χ1) is 10.8. The fourth-order valence-corrected chi connectivity index (χ4v) is 2.88. The van der Waals surface area contributed by atoms with Crippen LogP contribution in [0.3, 0.4) is 0 Å². The summed E-state index contributed by atoms with van der Waals surface area (Å²) in [4.78, 5) is 14.5. The number of rotatable bonds is 1. The molecule has 1 aromatic carbocycles. The van der Waals surface area contributed by atoms with Gasteiger partial charge in [-0.15, -0.1) is 0 Å². The Kier molecular flexibility index (Phi) is 2.70. The van der Waals surface area contributed by atoms with Gasteiger partial charge in [0.1, 0.15) is 17.3 Å². The highest BCUT2D eigenvalue weighted by Gasteiger charge is 2.26. The number of hydrogen-bond donors (Lipinski definition) is 1. The number of H-pyrrole nitrogens is 1. The molecule has 0 bridgehead atoms. The van der Waals surface area contributed by atoms with Crippen LogP contribution in [0.5, 0.6) is 0 Å². The number of aryl methyl sites for hydroxylation is 1. The molecule has 1 aliphatic rings. The van der Waals surface area contributed by atoms with E-state index in [0.717, 1.165) is 34.5 Å². The van der Waals surface area contributed by atoms with Crippen LogP contribution in [0.15, 0.2) is 45.7 Å². The van der Waals surface area contributed by atoms with Gasteiger partial charge in [-0.05, 0) is 18.9 Å². The Morgan fingerprint density at radius 1 is 1.23 bits per heavy atom. The van der Waals surface area contributed by atoms with Crippen LogP contribution in [0, 0.1) is 11.3 Å². The molecule has 0 radical (unpaired) electrons. The minimum atomic E-state index is -0.354. The zero-order chi connectivity index (χ0) is 15.1. The van der Waals surface area contributed by atoms with E-state index in [4.69, 9.17) is 9.78 Å². The minimum absolute atomic E-state index is 0.0873. The van der Waals surface area contributed by atoms with Gasteiger partial charge in [-0.1, -0.05) is 35.5 Å². The molecule has 0 spiro atoms. The van der Waals surface area contributed by atoms with E-state index in [-0.39, 0.29) is 11.1 Å². The number of nitrogens with zero attached hydrogens (tertiary/aromatic N) is 2. The Hall–Kier alpha value is -3.13. The molecule has 4 rings (SSSR count).